The van der Waals surface area contributed by atoms with Crippen LogP contribution in [-0.2, 0) is 16.0 Å². The average molecular weight is 219 g/mol. The first-order chi connectivity index (χ1) is 7.68. The molecule has 2 amide bonds. The van der Waals surface area contributed by atoms with Gasteiger partial charge in [-0.1, -0.05) is 30.3 Å². The minimum atomic E-state index is -0.534. The number of hydrogen-bond donors (Lipinski definition) is 0. The molecular weight excluding hydrogens is 206 g/mol. The lowest BCUT2D eigenvalue weighted by Crippen LogP contribution is -2.38. The first-order valence-electron chi connectivity index (χ1n) is 5.19. The number of ether oxygens (including phenoxy) is 1. The molecule has 1 aliphatic rings. The van der Waals surface area contributed by atoms with E-state index in [1.54, 1.807) is 0 Å². The SMILES string of the molecule is CC(=O)N1C(=O)OC[C@@H]1Cc1ccccc1. The zero-order valence-electron chi connectivity index (χ0n) is 9.05. The lowest BCUT2D eigenvalue weighted by molar-refractivity contribution is -0.126. The number of carbonyl (C=O) groups excluding carboxylic acids is 2. The van der Waals surface area contributed by atoms with Crippen molar-refractivity contribution < 1.29 is 14.3 Å². The summed E-state index contributed by atoms with van der Waals surface area (Å²) in [6.07, 6.45) is 0.111. The van der Waals surface area contributed by atoms with Crippen molar-refractivity contribution in [3.63, 3.8) is 0 Å². The van der Waals surface area contributed by atoms with Crippen molar-refractivity contribution in [3.05, 3.63) is 35.9 Å². The van der Waals surface area contributed by atoms with Crippen molar-refractivity contribution in [3.8, 4) is 0 Å². The Morgan fingerprint density at radius 1 is 1.44 bits per heavy atom. The van der Waals surface area contributed by atoms with E-state index in [4.69, 9.17) is 4.74 Å². The van der Waals surface area contributed by atoms with Gasteiger partial charge in [0, 0.05) is 6.92 Å². The van der Waals surface area contributed by atoms with Crippen LogP contribution >= 0.6 is 0 Å². The Kier molecular flexibility index (Phi) is 2.90. The molecule has 4 heteroatoms. The number of carbonyl (C=O) groups is 2. The fraction of sp³-hybridized carbons (Fsp3) is 0.333. The van der Waals surface area contributed by atoms with Gasteiger partial charge in [0.25, 0.3) is 0 Å². The minimum absolute atomic E-state index is 0.174. The highest BCUT2D eigenvalue weighted by Gasteiger charge is 2.35. The average Bonchev–Trinajstić information content (AvgIpc) is 2.61. The highest BCUT2D eigenvalue weighted by atomic mass is 16.6. The van der Waals surface area contributed by atoms with Crippen LogP contribution in [0.4, 0.5) is 4.79 Å². The van der Waals surface area contributed by atoms with Crippen molar-refractivity contribution in [2.24, 2.45) is 0 Å². The summed E-state index contributed by atoms with van der Waals surface area (Å²) in [5.41, 5.74) is 1.09. The number of benzene rings is 1. The molecule has 1 fully saturated rings. The van der Waals surface area contributed by atoms with Gasteiger partial charge in [-0.05, 0) is 12.0 Å². The van der Waals surface area contributed by atoms with Crippen LogP contribution in [0.3, 0.4) is 0 Å². The molecule has 2 rings (SSSR count). The molecule has 1 aromatic rings. The molecule has 0 bridgehead atoms. The standard InChI is InChI=1S/C12H13NO3/c1-9(14)13-11(8-16-12(13)15)7-10-5-3-2-4-6-10/h2-6,11H,7-8H2,1H3/t11-/m0/s1. The second kappa shape index (κ2) is 4.35. The number of cyclic esters (lactones) is 1. The molecule has 16 heavy (non-hydrogen) atoms. The molecule has 0 spiro atoms. The van der Waals surface area contributed by atoms with E-state index in [2.05, 4.69) is 0 Å². The zero-order valence-corrected chi connectivity index (χ0v) is 9.05. The Bertz CT molecular complexity index is 402. The maximum Gasteiger partial charge on any atom is 0.416 e. The summed E-state index contributed by atoms with van der Waals surface area (Å²) >= 11 is 0. The Hall–Kier alpha value is -1.84. The molecule has 0 N–H and O–H groups in total. The van der Waals surface area contributed by atoms with Crippen molar-refractivity contribution in [2.45, 2.75) is 19.4 Å². The fourth-order valence-electron chi connectivity index (χ4n) is 1.88. The molecule has 1 aliphatic heterocycles. The van der Waals surface area contributed by atoms with Crippen LogP contribution in [0.1, 0.15) is 12.5 Å². The van der Waals surface area contributed by atoms with E-state index in [1.165, 1.54) is 11.8 Å². The number of imide groups is 1. The Balaban J connectivity index is 2.10. The van der Waals surface area contributed by atoms with E-state index in [0.29, 0.717) is 6.42 Å². The summed E-state index contributed by atoms with van der Waals surface area (Å²) in [4.78, 5) is 23.8. The van der Waals surface area contributed by atoms with Crippen LogP contribution in [-0.4, -0.2) is 29.5 Å². The van der Waals surface area contributed by atoms with Gasteiger partial charge in [-0.15, -0.1) is 0 Å². The maximum atomic E-state index is 11.3. The van der Waals surface area contributed by atoms with Gasteiger partial charge in [0.05, 0.1) is 6.04 Å². The van der Waals surface area contributed by atoms with Gasteiger partial charge in [-0.2, -0.15) is 0 Å². The summed E-state index contributed by atoms with van der Waals surface area (Å²) in [5, 5.41) is 0. The smallest absolute Gasteiger partial charge is 0.416 e. The van der Waals surface area contributed by atoms with Gasteiger partial charge in [-0.25, -0.2) is 9.69 Å². The summed E-state index contributed by atoms with van der Waals surface area (Å²) in [5.74, 6) is -0.261. The van der Waals surface area contributed by atoms with Crippen LogP contribution in [0, 0.1) is 0 Å². The lowest BCUT2D eigenvalue weighted by atomic mass is 10.1. The Morgan fingerprint density at radius 2 is 2.12 bits per heavy atom. The van der Waals surface area contributed by atoms with Gasteiger partial charge in [0.15, 0.2) is 0 Å². The van der Waals surface area contributed by atoms with E-state index >= 15 is 0 Å². The van der Waals surface area contributed by atoms with E-state index < -0.39 is 6.09 Å². The highest BCUT2D eigenvalue weighted by Crippen LogP contribution is 2.17. The largest absolute Gasteiger partial charge is 0.447 e. The molecule has 84 valence electrons. The van der Waals surface area contributed by atoms with Crippen molar-refractivity contribution in [1.82, 2.24) is 4.90 Å². The molecule has 1 atom stereocenters. The number of rotatable bonds is 2. The lowest BCUT2D eigenvalue weighted by Gasteiger charge is -2.17. The van der Waals surface area contributed by atoms with Crippen LogP contribution in [0.2, 0.25) is 0 Å². The molecule has 1 saturated heterocycles. The molecule has 0 radical (unpaired) electrons. The summed E-state index contributed by atoms with van der Waals surface area (Å²) in [6, 6.07) is 9.58. The van der Waals surface area contributed by atoms with Gasteiger partial charge in [0.1, 0.15) is 6.61 Å². The third kappa shape index (κ3) is 2.05. The van der Waals surface area contributed by atoms with E-state index in [1.807, 2.05) is 30.3 Å². The second-order valence-electron chi connectivity index (χ2n) is 3.81. The molecule has 4 nitrogen and oxygen atoms in total. The number of amides is 2. The molecule has 1 heterocycles. The van der Waals surface area contributed by atoms with Crippen LogP contribution in [0.15, 0.2) is 30.3 Å². The van der Waals surface area contributed by atoms with E-state index in [0.717, 1.165) is 5.56 Å². The van der Waals surface area contributed by atoms with Crippen LogP contribution < -0.4 is 0 Å². The first kappa shape index (κ1) is 10.7. The third-order valence-corrected chi connectivity index (χ3v) is 2.61. The predicted octanol–water partition coefficient (Wildman–Crippen LogP) is 1.60. The van der Waals surface area contributed by atoms with Crippen molar-refractivity contribution in [2.75, 3.05) is 6.61 Å². The van der Waals surface area contributed by atoms with E-state index in [9.17, 15) is 9.59 Å². The van der Waals surface area contributed by atoms with Gasteiger partial charge >= 0.3 is 6.09 Å². The molecule has 0 unspecified atom stereocenters. The molecule has 0 aromatic heterocycles. The normalized spacial score (nSPS) is 19.7. The topological polar surface area (TPSA) is 46.6 Å². The molecular formula is C12H13NO3. The number of nitrogens with zero attached hydrogens (tertiary/aromatic N) is 1. The maximum absolute atomic E-state index is 11.3. The van der Waals surface area contributed by atoms with Crippen molar-refractivity contribution >= 4 is 12.0 Å². The van der Waals surface area contributed by atoms with Crippen LogP contribution in [0.5, 0.6) is 0 Å². The fourth-order valence-corrected chi connectivity index (χ4v) is 1.88. The van der Waals surface area contributed by atoms with Gasteiger partial charge in [-0.3, -0.25) is 4.79 Å². The quantitative estimate of drug-likeness (QED) is 0.759. The number of hydrogen-bond acceptors (Lipinski definition) is 3. The van der Waals surface area contributed by atoms with Gasteiger partial charge < -0.3 is 4.74 Å². The van der Waals surface area contributed by atoms with Crippen LogP contribution in [0.25, 0.3) is 0 Å². The predicted molar refractivity (Wildman–Crippen MR) is 57.8 cm³/mol. The monoisotopic (exact) mass is 219 g/mol. The van der Waals surface area contributed by atoms with Gasteiger partial charge in [0.2, 0.25) is 5.91 Å². The molecule has 0 saturated carbocycles. The summed E-state index contributed by atoms with van der Waals surface area (Å²) in [6.45, 7) is 1.66. The Labute approximate surface area is 93.8 Å². The summed E-state index contributed by atoms with van der Waals surface area (Å²) < 4.78 is 4.88. The zero-order chi connectivity index (χ0) is 11.5. The third-order valence-electron chi connectivity index (χ3n) is 2.61. The molecule has 1 aromatic carbocycles. The van der Waals surface area contributed by atoms with E-state index in [-0.39, 0.29) is 18.6 Å². The summed E-state index contributed by atoms with van der Waals surface area (Å²) in [7, 11) is 0. The Morgan fingerprint density at radius 3 is 2.75 bits per heavy atom. The minimum Gasteiger partial charge on any atom is -0.447 e. The first-order valence-corrected chi connectivity index (χ1v) is 5.19. The van der Waals surface area contributed by atoms with Crippen molar-refractivity contribution in [1.29, 1.82) is 0 Å². The second-order valence-corrected chi connectivity index (χ2v) is 3.81. The molecule has 0 aliphatic carbocycles. The highest BCUT2D eigenvalue weighted by molar-refractivity contribution is 5.92.